The number of hydrogen-bond acceptors (Lipinski definition) is 6. The van der Waals surface area contributed by atoms with E-state index in [1.165, 1.54) is 18.2 Å². The quantitative estimate of drug-likeness (QED) is 0.257. The number of nitrogens with one attached hydrogen (secondary N) is 1. The first kappa shape index (κ1) is 30.4. The normalized spacial score (nSPS) is 17.8. The van der Waals surface area contributed by atoms with Crippen LogP contribution in [0.2, 0.25) is 0 Å². The van der Waals surface area contributed by atoms with E-state index >= 15 is 0 Å². The lowest BCUT2D eigenvalue weighted by Gasteiger charge is -2.33. The third-order valence-corrected chi connectivity index (χ3v) is 7.51. The number of carbonyl (C=O) groups excluding carboxylic acids is 1. The lowest BCUT2D eigenvalue weighted by molar-refractivity contribution is -0.388. The molecule has 0 unspecified atom stereocenters. The maximum atomic E-state index is 13.3. The van der Waals surface area contributed by atoms with E-state index in [4.69, 9.17) is 0 Å². The fraction of sp³-hybridized carbons (Fsp3) is 0.519. The van der Waals surface area contributed by atoms with Gasteiger partial charge < -0.3 is 20.0 Å². The van der Waals surface area contributed by atoms with E-state index in [0.717, 1.165) is 42.9 Å². The zero-order valence-electron chi connectivity index (χ0n) is 22.2. The molecular weight excluding hydrogens is 556 g/mol. The maximum absolute atomic E-state index is 13.3. The molecule has 2 aromatic carbocycles. The summed E-state index contributed by atoms with van der Waals surface area (Å²) in [6.45, 7) is 4.22. The molecule has 224 valence electrons. The van der Waals surface area contributed by atoms with Crippen molar-refractivity contribution in [3.63, 3.8) is 0 Å². The SMILES string of the molecule is O=C(CCN1CCCN(c2ccc(C(F)(F)F)cc2)CC1)N1CCC(Nc2ccc([N+](=O)[O-])c(C(F)(F)F)c2)CC1. The number of piperidine rings is 1. The Hall–Kier alpha value is -3.55. The summed E-state index contributed by atoms with van der Waals surface area (Å²) in [5.41, 5.74) is -2.12. The van der Waals surface area contributed by atoms with E-state index < -0.39 is 34.1 Å². The van der Waals surface area contributed by atoms with Crippen LogP contribution >= 0.6 is 0 Å². The molecule has 4 rings (SSSR count). The molecule has 1 N–H and O–H groups in total. The van der Waals surface area contributed by atoms with Crippen LogP contribution in [0.3, 0.4) is 0 Å². The maximum Gasteiger partial charge on any atom is 0.423 e. The topological polar surface area (TPSA) is 82.0 Å². The Kier molecular flexibility index (Phi) is 9.30. The van der Waals surface area contributed by atoms with Gasteiger partial charge in [-0.05, 0) is 62.2 Å². The molecule has 0 bridgehead atoms. The Morgan fingerprint density at radius 2 is 1.59 bits per heavy atom. The smallest absolute Gasteiger partial charge is 0.382 e. The van der Waals surface area contributed by atoms with Gasteiger partial charge in [-0.2, -0.15) is 26.3 Å². The number of nitro benzene ring substituents is 1. The summed E-state index contributed by atoms with van der Waals surface area (Å²) in [4.78, 5) is 28.7. The molecule has 8 nitrogen and oxygen atoms in total. The second-order valence-corrected chi connectivity index (χ2v) is 10.3. The van der Waals surface area contributed by atoms with Crippen LogP contribution in [-0.2, 0) is 17.1 Å². The number of likely N-dealkylation sites (tertiary alicyclic amines) is 1. The highest BCUT2D eigenvalue weighted by Crippen LogP contribution is 2.38. The van der Waals surface area contributed by atoms with Gasteiger partial charge in [0.05, 0.1) is 10.5 Å². The summed E-state index contributed by atoms with van der Waals surface area (Å²) in [5.74, 6) is -0.0120. The van der Waals surface area contributed by atoms with Crippen LogP contribution in [0.1, 0.15) is 36.8 Å². The minimum atomic E-state index is -4.86. The van der Waals surface area contributed by atoms with Gasteiger partial charge in [-0.3, -0.25) is 14.9 Å². The number of rotatable bonds is 7. The molecular formula is C27H31F6N5O3. The van der Waals surface area contributed by atoms with E-state index in [9.17, 15) is 41.3 Å². The first-order valence-electron chi connectivity index (χ1n) is 13.4. The van der Waals surface area contributed by atoms with E-state index in [1.807, 2.05) is 4.90 Å². The third-order valence-electron chi connectivity index (χ3n) is 7.51. The van der Waals surface area contributed by atoms with Gasteiger partial charge in [-0.25, -0.2) is 0 Å². The Morgan fingerprint density at radius 1 is 0.902 bits per heavy atom. The zero-order chi connectivity index (χ0) is 29.8. The fourth-order valence-electron chi connectivity index (χ4n) is 5.25. The van der Waals surface area contributed by atoms with Gasteiger partial charge in [0.15, 0.2) is 0 Å². The van der Waals surface area contributed by atoms with Crippen molar-refractivity contribution in [2.75, 3.05) is 56.0 Å². The number of carbonyl (C=O) groups is 1. The minimum Gasteiger partial charge on any atom is -0.382 e. The summed E-state index contributed by atoms with van der Waals surface area (Å²) in [5, 5.41) is 14.0. The zero-order valence-corrected chi connectivity index (χ0v) is 22.2. The number of amides is 1. The van der Waals surface area contributed by atoms with E-state index in [2.05, 4.69) is 10.2 Å². The summed E-state index contributed by atoms with van der Waals surface area (Å²) in [6.07, 6.45) is -7.06. The third kappa shape index (κ3) is 8.02. The molecule has 0 aliphatic carbocycles. The predicted molar refractivity (Wildman–Crippen MR) is 141 cm³/mol. The second-order valence-electron chi connectivity index (χ2n) is 10.3. The van der Waals surface area contributed by atoms with E-state index in [1.54, 1.807) is 4.90 Å². The molecule has 2 aromatic rings. The first-order valence-corrected chi connectivity index (χ1v) is 13.4. The fourth-order valence-corrected chi connectivity index (χ4v) is 5.25. The van der Waals surface area contributed by atoms with Crippen molar-refractivity contribution in [1.82, 2.24) is 9.80 Å². The second kappa shape index (κ2) is 12.5. The number of benzene rings is 2. The molecule has 0 atom stereocenters. The van der Waals surface area contributed by atoms with Gasteiger partial charge in [0, 0.05) is 69.2 Å². The summed E-state index contributed by atoms with van der Waals surface area (Å²) in [6, 6.07) is 7.80. The van der Waals surface area contributed by atoms with Crippen LogP contribution in [-0.4, -0.2) is 72.5 Å². The Morgan fingerprint density at radius 3 is 2.20 bits per heavy atom. The molecule has 2 heterocycles. The van der Waals surface area contributed by atoms with Crippen LogP contribution in [0, 0.1) is 10.1 Å². The highest BCUT2D eigenvalue weighted by molar-refractivity contribution is 5.76. The van der Waals surface area contributed by atoms with E-state index in [0.29, 0.717) is 58.5 Å². The Bertz CT molecular complexity index is 1210. The molecule has 14 heteroatoms. The number of anilines is 2. The highest BCUT2D eigenvalue weighted by Gasteiger charge is 2.38. The molecule has 0 saturated carbocycles. The predicted octanol–water partition coefficient (Wildman–Crippen LogP) is 5.64. The number of halogens is 6. The molecule has 0 radical (unpaired) electrons. The van der Waals surface area contributed by atoms with Crippen molar-refractivity contribution in [2.24, 2.45) is 0 Å². The van der Waals surface area contributed by atoms with Crippen molar-refractivity contribution in [3.8, 4) is 0 Å². The molecule has 0 aromatic heterocycles. The van der Waals surface area contributed by atoms with Crippen molar-refractivity contribution < 1.29 is 36.1 Å². The lowest BCUT2D eigenvalue weighted by Crippen LogP contribution is -2.43. The number of alkyl halides is 6. The van der Waals surface area contributed by atoms with Gasteiger partial charge in [0.25, 0.3) is 5.69 Å². The van der Waals surface area contributed by atoms with E-state index in [-0.39, 0.29) is 17.6 Å². The van der Waals surface area contributed by atoms with Crippen LogP contribution in [0.15, 0.2) is 42.5 Å². The Labute approximate surface area is 233 Å². The Balaban J connectivity index is 1.22. The van der Waals surface area contributed by atoms with Crippen LogP contribution in [0.5, 0.6) is 0 Å². The monoisotopic (exact) mass is 587 g/mol. The average molecular weight is 588 g/mol. The number of nitro groups is 1. The molecule has 41 heavy (non-hydrogen) atoms. The molecule has 0 spiro atoms. The number of hydrogen-bond donors (Lipinski definition) is 1. The largest absolute Gasteiger partial charge is 0.423 e. The lowest BCUT2D eigenvalue weighted by atomic mass is 10.0. The highest BCUT2D eigenvalue weighted by atomic mass is 19.4. The summed E-state index contributed by atoms with van der Waals surface area (Å²) in [7, 11) is 0. The molecule has 1 amide bonds. The van der Waals surface area contributed by atoms with Gasteiger partial charge >= 0.3 is 12.4 Å². The van der Waals surface area contributed by atoms with Crippen LogP contribution in [0.25, 0.3) is 0 Å². The minimum absolute atomic E-state index is 0.0120. The van der Waals surface area contributed by atoms with Crippen molar-refractivity contribution in [1.29, 1.82) is 0 Å². The summed E-state index contributed by atoms with van der Waals surface area (Å²) >= 11 is 0. The number of nitrogens with zero attached hydrogens (tertiary/aromatic N) is 4. The molecule has 2 aliphatic heterocycles. The first-order chi connectivity index (χ1) is 19.3. The van der Waals surface area contributed by atoms with Crippen molar-refractivity contribution in [2.45, 2.75) is 44.1 Å². The van der Waals surface area contributed by atoms with Crippen LogP contribution < -0.4 is 10.2 Å². The summed E-state index contributed by atoms with van der Waals surface area (Å²) < 4.78 is 78.3. The van der Waals surface area contributed by atoms with Crippen molar-refractivity contribution >= 4 is 23.0 Å². The molecule has 2 fully saturated rings. The van der Waals surface area contributed by atoms with Gasteiger partial charge in [0.1, 0.15) is 5.56 Å². The van der Waals surface area contributed by atoms with Crippen molar-refractivity contribution in [3.05, 3.63) is 63.7 Å². The standard InChI is InChI=1S/C27H31F6N5O3/c28-26(29,30)19-2-5-22(6-3-19)36-12-1-11-35(16-17-36)13-10-25(39)37-14-8-20(9-15-37)34-21-4-7-24(38(40)41)23(18-21)27(31,32)33/h2-7,18,20,34H,1,8-17H2. The molecule has 2 saturated heterocycles. The van der Waals surface area contributed by atoms with Gasteiger partial charge in [-0.15, -0.1) is 0 Å². The van der Waals surface area contributed by atoms with Gasteiger partial charge in [0.2, 0.25) is 5.91 Å². The van der Waals surface area contributed by atoms with Gasteiger partial charge in [-0.1, -0.05) is 0 Å². The average Bonchev–Trinajstić information content (AvgIpc) is 3.17. The van der Waals surface area contributed by atoms with Crippen LogP contribution in [0.4, 0.5) is 43.4 Å². The molecule has 2 aliphatic rings.